The van der Waals surface area contributed by atoms with Gasteiger partial charge in [0.25, 0.3) is 0 Å². The van der Waals surface area contributed by atoms with Crippen molar-refractivity contribution in [2.75, 3.05) is 32.7 Å². The minimum absolute atomic E-state index is 0.338. The summed E-state index contributed by atoms with van der Waals surface area (Å²) in [5.74, 6) is 0.817. The Hall–Kier alpha value is -0.830. The number of likely N-dealkylation sites (tertiary alicyclic amines) is 2. The van der Waals surface area contributed by atoms with E-state index in [-0.39, 0.29) is 0 Å². The Balaban J connectivity index is 1.51. The summed E-state index contributed by atoms with van der Waals surface area (Å²) in [5.41, 5.74) is 0.390. The highest BCUT2D eigenvalue weighted by Crippen LogP contribution is 2.40. The first-order valence-electron chi connectivity index (χ1n) is 10.4. The van der Waals surface area contributed by atoms with Crippen molar-refractivity contribution in [3.05, 3.63) is 12.2 Å². The van der Waals surface area contributed by atoms with Crippen LogP contribution in [0.1, 0.15) is 71.1 Å². The van der Waals surface area contributed by atoms with Gasteiger partial charge in [0, 0.05) is 37.5 Å². The predicted octanol–water partition coefficient (Wildman–Crippen LogP) is 4.24. The molecule has 24 heavy (non-hydrogen) atoms. The van der Waals surface area contributed by atoms with Crippen LogP contribution in [-0.2, 0) is 4.79 Å². The van der Waals surface area contributed by atoms with Gasteiger partial charge in [0.1, 0.15) is 0 Å². The van der Waals surface area contributed by atoms with Gasteiger partial charge in [-0.2, -0.15) is 0 Å². The van der Waals surface area contributed by atoms with E-state index >= 15 is 0 Å². The summed E-state index contributed by atoms with van der Waals surface area (Å²) in [6.45, 7) is 7.79. The molecule has 0 bridgehead atoms. The molecular formula is C21H36N2O. The molecule has 1 atom stereocenters. The van der Waals surface area contributed by atoms with Crippen LogP contribution >= 0.6 is 0 Å². The van der Waals surface area contributed by atoms with E-state index in [0.29, 0.717) is 17.2 Å². The summed E-state index contributed by atoms with van der Waals surface area (Å²) >= 11 is 0. The van der Waals surface area contributed by atoms with Gasteiger partial charge >= 0.3 is 0 Å². The first-order chi connectivity index (χ1) is 11.7. The lowest BCUT2D eigenvalue weighted by Gasteiger charge is -2.40. The van der Waals surface area contributed by atoms with Gasteiger partial charge in [0.15, 0.2) is 0 Å². The fourth-order valence-corrected chi connectivity index (χ4v) is 5.04. The first kappa shape index (κ1) is 18.0. The summed E-state index contributed by atoms with van der Waals surface area (Å²) in [7, 11) is 0. The van der Waals surface area contributed by atoms with Crippen LogP contribution in [0.2, 0.25) is 0 Å². The van der Waals surface area contributed by atoms with Crippen molar-refractivity contribution in [2.45, 2.75) is 71.1 Å². The Morgan fingerprint density at radius 3 is 2.67 bits per heavy atom. The third-order valence-electron chi connectivity index (χ3n) is 6.43. The van der Waals surface area contributed by atoms with Crippen LogP contribution in [0, 0.1) is 11.3 Å². The Labute approximate surface area is 148 Å². The molecule has 2 saturated heterocycles. The number of carbonyl (C=O) groups excluding carboxylic acids is 1. The second-order valence-electron chi connectivity index (χ2n) is 8.44. The lowest BCUT2D eigenvalue weighted by Crippen LogP contribution is -2.46. The maximum atomic E-state index is 12.9. The molecule has 3 aliphatic rings. The quantitative estimate of drug-likeness (QED) is 0.703. The standard InChI is InChI=1S/C21H36N2O/c1-2-3-4-8-14-22-15-9-12-21(17-22)13-16-23(18-21)20(24)19-10-6-5-7-11-19/h4,8,19H,2-3,5-7,9-18H2,1H3. The van der Waals surface area contributed by atoms with Crippen LogP contribution in [0.3, 0.4) is 0 Å². The zero-order chi connectivity index (χ0) is 16.8. The molecule has 2 heterocycles. The summed E-state index contributed by atoms with van der Waals surface area (Å²) in [5, 5.41) is 0. The molecule has 0 aromatic rings. The SMILES string of the molecule is CCCC=CCN1CCCC2(CCN(C(=O)C3CCCCC3)C2)C1. The molecule has 3 heteroatoms. The van der Waals surface area contributed by atoms with Crippen LogP contribution in [0.25, 0.3) is 0 Å². The monoisotopic (exact) mass is 332 g/mol. The van der Waals surface area contributed by atoms with Crippen LogP contribution in [0.15, 0.2) is 12.2 Å². The van der Waals surface area contributed by atoms with Gasteiger partial charge in [-0.3, -0.25) is 9.69 Å². The molecule has 1 saturated carbocycles. The number of hydrogen-bond donors (Lipinski definition) is 0. The van der Waals surface area contributed by atoms with Crippen molar-refractivity contribution in [3.8, 4) is 0 Å². The van der Waals surface area contributed by atoms with Gasteiger partial charge in [-0.15, -0.1) is 0 Å². The smallest absolute Gasteiger partial charge is 0.225 e. The lowest BCUT2D eigenvalue weighted by atomic mass is 9.79. The van der Waals surface area contributed by atoms with E-state index in [1.165, 1.54) is 64.5 Å². The molecule has 3 rings (SSSR count). The number of allylic oxidation sites excluding steroid dienone is 1. The van der Waals surface area contributed by atoms with Crippen LogP contribution < -0.4 is 0 Å². The van der Waals surface area contributed by atoms with Crippen molar-refractivity contribution in [3.63, 3.8) is 0 Å². The molecule has 1 aliphatic carbocycles. The lowest BCUT2D eigenvalue weighted by molar-refractivity contribution is -0.136. The average molecular weight is 333 g/mol. The van der Waals surface area contributed by atoms with Gasteiger partial charge < -0.3 is 4.90 Å². The molecule has 0 radical (unpaired) electrons. The van der Waals surface area contributed by atoms with Gasteiger partial charge in [-0.1, -0.05) is 44.8 Å². The molecule has 136 valence electrons. The van der Waals surface area contributed by atoms with Crippen molar-refractivity contribution < 1.29 is 4.79 Å². The Bertz CT molecular complexity index is 441. The molecule has 1 spiro atoms. The van der Waals surface area contributed by atoms with Gasteiger partial charge in [0.2, 0.25) is 5.91 Å². The van der Waals surface area contributed by atoms with E-state index < -0.39 is 0 Å². The van der Waals surface area contributed by atoms with Crippen molar-refractivity contribution in [1.82, 2.24) is 9.80 Å². The molecule has 3 nitrogen and oxygen atoms in total. The van der Waals surface area contributed by atoms with Crippen LogP contribution in [-0.4, -0.2) is 48.4 Å². The van der Waals surface area contributed by atoms with Crippen LogP contribution in [0.4, 0.5) is 0 Å². The Morgan fingerprint density at radius 2 is 1.88 bits per heavy atom. The highest BCUT2D eigenvalue weighted by molar-refractivity contribution is 5.79. The first-order valence-corrected chi connectivity index (χ1v) is 10.4. The number of piperidine rings is 1. The third kappa shape index (κ3) is 4.41. The summed E-state index contributed by atoms with van der Waals surface area (Å²) in [6, 6.07) is 0. The fraction of sp³-hybridized carbons (Fsp3) is 0.857. The van der Waals surface area contributed by atoms with Gasteiger partial charge in [-0.25, -0.2) is 0 Å². The van der Waals surface area contributed by atoms with Crippen molar-refractivity contribution in [1.29, 1.82) is 0 Å². The number of unbranched alkanes of at least 4 members (excludes halogenated alkanes) is 1. The molecule has 1 unspecified atom stereocenters. The zero-order valence-corrected chi connectivity index (χ0v) is 15.6. The number of rotatable bonds is 5. The van der Waals surface area contributed by atoms with Crippen molar-refractivity contribution in [2.24, 2.45) is 11.3 Å². The van der Waals surface area contributed by atoms with Crippen molar-refractivity contribution >= 4 is 5.91 Å². The molecule has 2 aliphatic heterocycles. The topological polar surface area (TPSA) is 23.6 Å². The molecule has 0 aromatic carbocycles. The second-order valence-corrected chi connectivity index (χ2v) is 8.44. The normalized spacial score (nSPS) is 29.8. The summed E-state index contributed by atoms with van der Waals surface area (Å²) in [6.07, 6.45) is 17.1. The molecular weight excluding hydrogens is 296 g/mol. The summed E-state index contributed by atoms with van der Waals surface area (Å²) < 4.78 is 0. The van der Waals surface area contributed by atoms with Crippen LogP contribution in [0.5, 0.6) is 0 Å². The number of carbonyl (C=O) groups is 1. The Kier molecular flexibility index (Phi) is 6.37. The minimum atomic E-state index is 0.338. The van der Waals surface area contributed by atoms with E-state index in [1.807, 2.05) is 0 Å². The third-order valence-corrected chi connectivity index (χ3v) is 6.43. The van der Waals surface area contributed by atoms with E-state index in [4.69, 9.17) is 0 Å². The number of hydrogen-bond acceptors (Lipinski definition) is 2. The van der Waals surface area contributed by atoms with E-state index in [9.17, 15) is 4.79 Å². The van der Waals surface area contributed by atoms with E-state index in [0.717, 1.165) is 32.5 Å². The molecule has 3 fully saturated rings. The second kappa shape index (κ2) is 8.51. The maximum absolute atomic E-state index is 12.9. The largest absolute Gasteiger partial charge is 0.342 e. The zero-order valence-electron chi connectivity index (χ0n) is 15.6. The highest BCUT2D eigenvalue weighted by atomic mass is 16.2. The van der Waals surface area contributed by atoms with Gasteiger partial charge in [-0.05, 0) is 45.1 Å². The summed E-state index contributed by atoms with van der Waals surface area (Å²) in [4.78, 5) is 17.7. The fourth-order valence-electron chi connectivity index (χ4n) is 5.04. The molecule has 0 N–H and O–H groups in total. The van der Waals surface area contributed by atoms with Gasteiger partial charge in [0.05, 0.1) is 0 Å². The molecule has 1 amide bonds. The average Bonchev–Trinajstić information content (AvgIpc) is 3.02. The predicted molar refractivity (Wildman–Crippen MR) is 99.9 cm³/mol. The van der Waals surface area contributed by atoms with E-state index in [2.05, 4.69) is 28.9 Å². The number of amides is 1. The highest BCUT2D eigenvalue weighted by Gasteiger charge is 2.43. The minimum Gasteiger partial charge on any atom is -0.342 e. The Morgan fingerprint density at radius 1 is 1.04 bits per heavy atom. The number of nitrogens with zero attached hydrogens (tertiary/aromatic N) is 2. The molecule has 0 aromatic heterocycles. The van der Waals surface area contributed by atoms with E-state index in [1.54, 1.807) is 0 Å². The maximum Gasteiger partial charge on any atom is 0.225 e.